The molecule has 2 N–H and O–H groups in total. The molecule has 2 heterocycles. The number of benzene rings is 1. The largest absolute Gasteiger partial charge is 0.460 e. The molecule has 0 radical (unpaired) electrons. The average molecular weight is 439 g/mol. The van der Waals surface area contributed by atoms with Gasteiger partial charge >= 0.3 is 0 Å². The maximum absolute atomic E-state index is 12.9. The van der Waals surface area contributed by atoms with Crippen LogP contribution in [0.1, 0.15) is 39.7 Å². The van der Waals surface area contributed by atoms with E-state index in [2.05, 4.69) is 15.3 Å². The molecule has 1 aromatic heterocycles. The van der Waals surface area contributed by atoms with E-state index in [0.29, 0.717) is 30.2 Å². The average Bonchev–Trinajstić information content (AvgIpc) is 3.07. The number of nitrogens with zero attached hydrogens (tertiary/aromatic N) is 3. The van der Waals surface area contributed by atoms with Crippen molar-refractivity contribution in [1.82, 2.24) is 14.9 Å². The first kappa shape index (κ1) is 23.4. The lowest BCUT2D eigenvalue weighted by molar-refractivity contribution is -0.133. The van der Waals surface area contributed by atoms with E-state index in [1.807, 2.05) is 26.0 Å². The van der Waals surface area contributed by atoms with Crippen LogP contribution in [0.2, 0.25) is 0 Å². The predicted molar refractivity (Wildman–Crippen MR) is 121 cm³/mol. The summed E-state index contributed by atoms with van der Waals surface area (Å²) in [7, 11) is 0. The Hall–Kier alpha value is -3.26. The van der Waals surface area contributed by atoms with Gasteiger partial charge in [0.2, 0.25) is 5.91 Å². The van der Waals surface area contributed by atoms with E-state index in [9.17, 15) is 14.7 Å². The second-order valence-corrected chi connectivity index (χ2v) is 9.04. The number of hydrogen-bond donors (Lipinski definition) is 2. The molecule has 2 amide bonds. The van der Waals surface area contributed by atoms with Crippen molar-refractivity contribution in [2.24, 2.45) is 5.92 Å². The van der Waals surface area contributed by atoms with Crippen LogP contribution in [0, 0.1) is 5.92 Å². The number of hydrogen-bond acceptors (Lipinski definition) is 6. The molecule has 8 nitrogen and oxygen atoms in total. The van der Waals surface area contributed by atoms with Crippen molar-refractivity contribution in [2.75, 3.05) is 11.9 Å². The lowest BCUT2D eigenvalue weighted by Gasteiger charge is -2.28. The fourth-order valence-corrected chi connectivity index (χ4v) is 3.56. The zero-order chi connectivity index (χ0) is 23.3. The van der Waals surface area contributed by atoms with Crippen molar-refractivity contribution in [1.29, 1.82) is 0 Å². The Labute approximate surface area is 188 Å². The third-order valence-corrected chi connectivity index (χ3v) is 4.89. The Kier molecular flexibility index (Phi) is 7.25. The standard InChI is InChI=1S/C24H30N4O4/c1-16(2)11-20(23(30)27-21-14-25-9-10-26-21)28-15-19(12-22(28)29)32-18-7-5-17(6-8-18)13-24(3,4)31/h5-10,12,14,16,20,31H,11,13,15H2,1-4H3,(H,26,27,30)/t20-/m0/s1. The van der Waals surface area contributed by atoms with Crippen LogP contribution in [-0.2, 0) is 16.0 Å². The number of carbonyl (C=O) groups excluding carboxylic acids is 2. The Morgan fingerprint density at radius 2 is 1.97 bits per heavy atom. The first-order valence-corrected chi connectivity index (χ1v) is 10.7. The van der Waals surface area contributed by atoms with Gasteiger partial charge in [-0.05, 0) is 43.9 Å². The van der Waals surface area contributed by atoms with E-state index in [1.165, 1.54) is 29.6 Å². The summed E-state index contributed by atoms with van der Waals surface area (Å²) in [5.74, 6) is 1.04. The minimum Gasteiger partial charge on any atom is -0.460 e. The normalized spacial score (nSPS) is 15.0. The van der Waals surface area contributed by atoms with Crippen LogP contribution in [-0.4, -0.2) is 50.0 Å². The van der Waals surface area contributed by atoms with Gasteiger partial charge in [0.25, 0.3) is 5.91 Å². The summed E-state index contributed by atoms with van der Waals surface area (Å²) < 4.78 is 5.90. The minimum atomic E-state index is -0.791. The number of rotatable bonds is 9. The highest BCUT2D eigenvalue weighted by molar-refractivity contribution is 5.99. The summed E-state index contributed by atoms with van der Waals surface area (Å²) in [5, 5.41) is 12.7. The second kappa shape index (κ2) is 9.91. The first-order chi connectivity index (χ1) is 15.1. The quantitative estimate of drug-likeness (QED) is 0.624. The number of ether oxygens (including phenoxy) is 1. The fraction of sp³-hybridized carbons (Fsp3) is 0.417. The van der Waals surface area contributed by atoms with E-state index in [4.69, 9.17) is 4.74 Å². The van der Waals surface area contributed by atoms with Gasteiger partial charge in [-0.15, -0.1) is 0 Å². The van der Waals surface area contributed by atoms with Gasteiger partial charge in [0.15, 0.2) is 5.82 Å². The Balaban J connectivity index is 1.67. The Morgan fingerprint density at radius 1 is 1.25 bits per heavy atom. The van der Waals surface area contributed by atoms with Crippen molar-refractivity contribution in [3.8, 4) is 5.75 Å². The van der Waals surface area contributed by atoms with Crippen LogP contribution in [0.5, 0.6) is 5.75 Å². The fourth-order valence-electron chi connectivity index (χ4n) is 3.56. The first-order valence-electron chi connectivity index (χ1n) is 10.7. The van der Waals surface area contributed by atoms with E-state index in [0.717, 1.165) is 5.56 Å². The minimum absolute atomic E-state index is 0.202. The molecule has 0 bridgehead atoms. The highest BCUT2D eigenvalue weighted by atomic mass is 16.5. The molecule has 1 aliphatic heterocycles. The highest BCUT2D eigenvalue weighted by Crippen LogP contribution is 2.24. The molecule has 0 fully saturated rings. The SMILES string of the molecule is CC(C)C[C@@H](C(=O)Nc1cnccn1)N1CC(Oc2ccc(CC(C)(C)O)cc2)=CC1=O. The molecular formula is C24H30N4O4. The van der Waals surface area contributed by atoms with Gasteiger partial charge < -0.3 is 20.1 Å². The van der Waals surface area contributed by atoms with Crippen molar-refractivity contribution in [3.05, 3.63) is 60.3 Å². The lowest BCUT2D eigenvalue weighted by atomic mass is 9.99. The molecule has 1 aliphatic rings. The molecule has 32 heavy (non-hydrogen) atoms. The van der Waals surface area contributed by atoms with Crippen LogP contribution >= 0.6 is 0 Å². The number of aromatic nitrogens is 2. The maximum Gasteiger partial charge on any atom is 0.251 e. The third-order valence-electron chi connectivity index (χ3n) is 4.89. The van der Waals surface area contributed by atoms with Crippen LogP contribution in [0.25, 0.3) is 0 Å². The highest BCUT2D eigenvalue weighted by Gasteiger charge is 2.35. The topological polar surface area (TPSA) is 105 Å². The van der Waals surface area contributed by atoms with Crippen LogP contribution in [0.3, 0.4) is 0 Å². The van der Waals surface area contributed by atoms with Gasteiger partial charge in [0, 0.05) is 24.9 Å². The molecule has 3 rings (SSSR count). The molecule has 0 saturated carbocycles. The van der Waals surface area contributed by atoms with Gasteiger partial charge in [-0.2, -0.15) is 0 Å². The molecular weight excluding hydrogens is 408 g/mol. The zero-order valence-electron chi connectivity index (χ0n) is 18.9. The van der Waals surface area contributed by atoms with E-state index in [-0.39, 0.29) is 24.3 Å². The van der Waals surface area contributed by atoms with Crippen molar-refractivity contribution in [3.63, 3.8) is 0 Å². The Bertz CT molecular complexity index is 966. The monoisotopic (exact) mass is 438 g/mol. The second-order valence-electron chi connectivity index (χ2n) is 9.04. The van der Waals surface area contributed by atoms with Gasteiger partial charge in [-0.25, -0.2) is 4.98 Å². The van der Waals surface area contributed by atoms with Crippen molar-refractivity contribution in [2.45, 2.75) is 52.2 Å². The molecule has 0 aliphatic carbocycles. The van der Waals surface area contributed by atoms with Gasteiger partial charge in [0.1, 0.15) is 17.6 Å². The summed E-state index contributed by atoms with van der Waals surface area (Å²) in [4.78, 5) is 35.2. The number of amides is 2. The maximum atomic E-state index is 12.9. The van der Waals surface area contributed by atoms with E-state index in [1.54, 1.807) is 26.0 Å². The summed E-state index contributed by atoms with van der Waals surface area (Å²) in [6.45, 7) is 7.73. The van der Waals surface area contributed by atoms with Crippen LogP contribution in [0.4, 0.5) is 5.82 Å². The number of anilines is 1. The van der Waals surface area contributed by atoms with Crippen LogP contribution in [0.15, 0.2) is 54.7 Å². The summed E-state index contributed by atoms with van der Waals surface area (Å²) in [5.41, 5.74) is 0.196. The molecule has 8 heteroatoms. The van der Waals surface area contributed by atoms with Gasteiger partial charge in [-0.3, -0.25) is 14.6 Å². The molecule has 2 aromatic rings. The summed E-state index contributed by atoms with van der Waals surface area (Å²) in [6.07, 6.45) is 6.94. The van der Waals surface area contributed by atoms with Gasteiger partial charge in [-0.1, -0.05) is 26.0 Å². The summed E-state index contributed by atoms with van der Waals surface area (Å²) in [6, 6.07) is 6.73. The zero-order valence-corrected chi connectivity index (χ0v) is 18.9. The molecule has 0 saturated heterocycles. The lowest BCUT2D eigenvalue weighted by Crippen LogP contribution is -2.46. The van der Waals surface area contributed by atoms with Crippen molar-refractivity contribution < 1.29 is 19.4 Å². The molecule has 1 atom stereocenters. The van der Waals surface area contributed by atoms with E-state index < -0.39 is 11.6 Å². The number of carbonyl (C=O) groups is 2. The molecule has 0 spiro atoms. The van der Waals surface area contributed by atoms with Crippen molar-refractivity contribution >= 4 is 17.6 Å². The third kappa shape index (κ3) is 6.62. The molecule has 170 valence electrons. The van der Waals surface area contributed by atoms with Crippen LogP contribution < -0.4 is 10.1 Å². The predicted octanol–water partition coefficient (Wildman–Crippen LogP) is 2.95. The number of nitrogens with one attached hydrogen (secondary N) is 1. The summed E-state index contributed by atoms with van der Waals surface area (Å²) >= 11 is 0. The van der Waals surface area contributed by atoms with E-state index >= 15 is 0 Å². The molecule has 1 aromatic carbocycles. The number of aliphatic hydroxyl groups is 1. The van der Waals surface area contributed by atoms with Gasteiger partial charge in [0.05, 0.1) is 18.3 Å². The Morgan fingerprint density at radius 3 is 2.56 bits per heavy atom. The smallest absolute Gasteiger partial charge is 0.251 e. The molecule has 0 unspecified atom stereocenters.